The van der Waals surface area contributed by atoms with Crippen molar-refractivity contribution in [3.63, 3.8) is 0 Å². The van der Waals surface area contributed by atoms with Crippen molar-refractivity contribution in [2.75, 3.05) is 13.7 Å². The van der Waals surface area contributed by atoms with Crippen LogP contribution in [0.2, 0.25) is 0 Å². The second-order valence-electron chi connectivity index (χ2n) is 4.04. The molecule has 4 N–H and O–H groups in total. The summed E-state index contributed by atoms with van der Waals surface area (Å²) in [4.78, 5) is 11.3. The minimum Gasteiger partial charge on any atom is -0.394 e. The summed E-state index contributed by atoms with van der Waals surface area (Å²) in [7, 11) is 1.33. The number of rotatable bonds is 8. The van der Waals surface area contributed by atoms with E-state index in [1.54, 1.807) is 6.92 Å². The molecule has 0 saturated heterocycles. The minimum absolute atomic E-state index is 0.177. The van der Waals surface area contributed by atoms with Crippen LogP contribution in [0.25, 0.3) is 0 Å². The Hall–Kier alpha value is -0.690. The molecule has 0 rings (SSSR count). The monoisotopic (exact) mass is 249 g/mol. The lowest BCUT2D eigenvalue weighted by molar-refractivity contribution is -0.126. The van der Waals surface area contributed by atoms with Crippen molar-refractivity contribution in [3.8, 4) is 0 Å². The van der Waals surface area contributed by atoms with Crippen LogP contribution in [0, 0.1) is 0 Å². The van der Waals surface area contributed by atoms with E-state index in [0.29, 0.717) is 12.8 Å². The SMILES string of the molecule is CCCC(=O)N[C@H](C)C(O)C(O)C(CO)OC. The maximum absolute atomic E-state index is 11.3. The summed E-state index contributed by atoms with van der Waals surface area (Å²) in [5.74, 6) is -0.177. The van der Waals surface area contributed by atoms with Crippen molar-refractivity contribution >= 4 is 5.91 Å². The van der Waals surface area contributed by atoms with Gasteiger partial charge in [0.15, 0.2) is 0 Å². The fraction of sp³-hybridized carbons (Fsp3) is 0.909. The summed E-state index contributed by atoms with van der Waals surface area (Å²) in [6.07, 6.45) is -2.21. The van der Waals surface area contributed by atoms with E-state index >= 15 is 0 Å². The number of nitrogens with one attached hydrogen (secondary N) is 1. The third-order valence-electron chi connectivity index (χ3n) is 2.59. The first-order valence-corrected chi connectivity index (χ1v) is 5.77. The number of ether oxygens (including phenoxy) is 1. The molecule has 102 valence electrons. The van der Waals surface area contributed by atoms with Gasteiger partial charge in [-0.2, -0.15) is 0 Å². The van der Waals surface area contributed by atoms with Gasteiger partial charge in [0.1, 0.15) is 18.3 Å². The predicted molar refractivity (Wildman–Crippen MR) is 62.4 cm³/mol. The topological polar surface area (TPSA) is 99.0 Å². The molecule has 6 heteroatoms. The maximum atomic E-state index is 11.3. The Labute approximate surface area is 102 Å². The van der Waals surface area contributed by atoms with E-state index in [1.807, 2.05) is 6.92 Å². The van der Waals surface area contributed by atoms with Crippen molar-refractivity contribution in [3.05, 3.63) is 0 Å². The lowest BCUT2D eigenvalue weighted by atomic mass is 10.0. The van der Waals surface area contributed by atoms with Gasteiger partial charge in [0, 0.05) is 13.5 Å². The van der Waals surface area contributed by atoms with Gasteiger partial charge >= 0.3 is 0 Å². The third-order valence-corrected chi connectivity index (χ3v) is 2.59. The van der Waals surface area contributed by atoms with Gasteiger partial charge in [-0.15, -0.1) is 0 Å². The minimum atomic E-state index is -1.25. The van der Waals surface area contributed by atoms with Crippen LogP contribution in [0.3, 0.4) is 0 Å². The molecule has 0 fully saturated rings. The van der Waals surface area contributed by atoms with E-state index in [1.165, 1.54) is 7.11 Å². The molecule has 4 atom stereocenters. The molecule has 0 aromatic rings. The quantitative estimate of drug-likeness (QED) is 0.443. The fourth-order valence-electron chi connectivity index (χ4n) is 1.48. The van der Waals surface area contributed by atoms with Crippen LogP contribution in [0.15, 0.2) is 0 Å². The highest BCUT2D eigenvalue weighted by molar-refractivity contribution is 5.76. The Bertz CT molecular complexity index is 220. The Morgan fingerprint density at radius 3 is 2.35 bits per heavy atom. The largest absolute Gasteiger partial charge is 0.394 e. The summed E-state index contributed by atoms with van der Waals surface area (Å²) >= 11 is 0. The number of methoxy groups -OCH3 is 1. The first-order valence-electron chi connectivity index (χ1n) is 5.77. The normalized spacial score (nSPS) is 18.2. The molecule has 0 heterocycles. The average Bonchev–Trinajstić information content (AvgIpc) is 2.29. The van der Waals surface area contributed by atoms with E-state index in [4.69, 9.17) is 9.84 Å². The van der Waals surface area contributed by atoms with Gasteiger partial charge in [-0.05, 0) is 13.3 Å². The van der Waals surface area contributed by atoms with Crippen LogP contribution in [-0.2, 0) is 9.53 Å². The van der Waals surface area contributed by atoms with E-state index in [0.717, 1.165) is 0 Å². The smallest absolute Gasteiger partial charge is 0.220 e. The molecule has 0 aliphatic rings. The first kappa shape index (κ1) is 16.3. The Morgan fingerprint density at radius 1 is 1.35 bits per heavy atom. The molecule has 0 saturated carbocycles. The van der Waals surface area contributed by atoms with E-state index in [-0.39, 0.29) is 5.91 Å². The van der Waals surface area contributed by atoms with Crippen LogP contribution in [0.5, 0.6) is 0 Å². The molecule has 0 spiro atoms. The zero-order valence-electron chi connectivity index (χ0n) is 10.6. The van der Waals surface area contributed by atoms with E-state index in [9.17, 15) is 15.0 Å². The number of hydrogen-bond acceptors (Lipinski definition) is 5. The lowest BCUT2D eigenvalue weighted by Crippen LogP contribution is -2.51. The molecule has 0 aliphatic carbocycles. The number of hydrogen-bond donors (Lipinski definition) is 4. The van der Waals surface area contributed by atoms with Crippen molar-refractivity contribution in [2.24, 2.45) is 0 Å². The van der Waals surface area contributed by atoms with Crippen LogP contribution in [0.1, 0.15) is 26.7 Å². The summed E-state index contributed by atoms with van der Waals surface area (Å²) in [5.41, 5.74) is 0. The number of carbonyl (C=O) groups is 1. The highest BCUT2D eigenvalue weighted by Crippen LogP contribution is 2.07. The maximum Gasteiger partial charge on any atom is 0.220 e. The second kappa shape index (κ2) is 8.41. The molecule has 0 aliphatic heterocycles. The molecule has 0 radical (unpaired) electrons. The highest BCUT2D eigenvalue weighted by Gasteiger charge is 2.30. The highest BCUT2D eigenvalue weighted by atomic mass is 16.5. The molecule has 6 nitrogen and oxygen atoms in total. The van der Waals surface area contributed by atoms with Crippen molar-refractivity contribution in [1.29, 1.82) is 0 Å². The zero-order chi connectivity index (χ0) is 13.4. The molecule has 0 aromatic heterocycles. The Balaban J connectivity index is 4.27. The van der Waals surface area contributed by atoms with E-state index in [2.05, 4.69) is 5.32 Å². The predicted octanol–water partition coefficient (Wildman–Crippen LogP) is -0.980. The van der Waals surface area contributed by atoms with Crippen LogP contribution in [0.4, 0.5) is 0 Å². The van der Waals surface area contributed by atoms with Gasteiger partial charge in [0.25, 0.3) is 0 Å². The Morgan fingerprint density at radius 2 is 1.94 bits per heavy atom. The number of amides is 1. The molecule has 3 unspecified atom stereocenters. The van der Waals surface area contributed by atoms with Gasteiger partial charge in [-0.1, -0.05) is 6.92 Å². The standard InChI is InChI=1S/C11H23NO5/c1-4-5-9(14)12-7(2)10(15)11(16)8(6-13)17-3/h7-8,10-11,13,15-16H,4-6H2,1-3H3,(H,12,14)/t7-,8?,10?,11?/m1/s1. The van der Waals surface area contributed by atoms with Crippen LogP contribution >= 0.6 is 0 Å². The summed E-state index contributed by atoms with van der Waals surface area (Å²) in [6.45, 7) is 3.07. The fourth-order valence-corrected chi connectivity index (χ4v) is 1.48. The zero-order valence-corrected chi connectivity index (χ0v) is 10.6. The molecule has 0 aromatic carbocycles. The van der Waals surface area contributed by atoms with Crippen LogP contribution in [-0.4, -0.2) is 59.3 Å². The molecular weight excluding hydrogens is 226 g/mol. The molecule has 1 amide bonds. The summed E-state index contributed by atoms with van der Waals surface area (Å²) < 4.78 is 4.81. The number of carbonyl (C=O) groups excluding carboxylic acids is 1. The number of aliphatic hydroxyl groups is 3. The lowest BCUT2D eigenvalue weighted by Gasteiger charge is -2.28. The van der Waals surface area contributed by atoms with Crippen molar-refractivity contribution in [2.45, 2.75) is 51.0 Å². The van der Waals surface area contributed by atoms with Gasteiger partial charge in [-0.3, -0.25) is 4.79 Å². The average molecular weight is 249 g/mol. The van der Waals surface area contributed by atoms with Gasteiger partial charge in [0.2, 0.25) is 5.91 Å². The van der Waals surface area contributed by atoms with Gasteiger partial charge in [-0.25, -0.2) is 0 Å². The van der Waals surface area contributed by atoms with Crippen molar-refractivity contribution < 1.29 is 24.9 Å². The van der Waals surface area contributed by atoms with Gasteiger partial charge < -0.3 is 25.4 Å². The summed E-state index contributed by atoms with van der Waals surface area (Å²) in [6, 6.07) is -0.603. The second-order valence-corrected chi connectivity index (χ2v) is 4.04. The molecular formula is C11H23NO5. The first-order chi connectivity index (χ1) is 7.97. The Kier molecular flexibility index (Phi) is 8.07. The molecule has 17 heavy (non-hydrogen) atoms. The van der Waals surface area contributed by atoms with Crippen molar-refractivity contribution in [1.82, 2.24) is 5.32 Å². The van der Waals surface area contributed by atoms with E-state index < -0.39 is 31.0 Å². The van der Waals surface area contributed by atoms with Crippen LogP contribution < -0.4 is 5.32 Å². The van der Waals surface area contributed by atoms with Gasteiger partial charge in [0.05, 0.1) is 12.6 Å². The summed E-state index contributed by atoms with van der Waals surface area (Å²) in [5, 5.41) is 31.0. The molecule has 0 bridgehead atoms. The third kappa shape index (κ3) is 5.45. The number of aliphatic hydroxyl groups excluding tert-OH is 3.